The molecule has 1 heterocycles. The van der Waals surface area contributed by atoms with E-state index in [0.717, 1.165) is 5.56 Å². The molecule has 0 aliphatic carbocycles. The summed E-state index contributed by atoms with van der Waals surface area (Å²) in [5, 5.41) is 3.74. The average Bonchev–Trinajstić information content (AvgIpc) is 2.92. The predicted molar refractivity (Wildman–Crippen MR) is 94.7 cm³/mol. The molecule has 3 rings (SSSR count). The number of hydrogen-bond acceptors (Lipinski definition) is 3. The van der Waals surface area contributed by atoms with Gasteiger partial charge in [0.1, 0.15) is 0 Å². The van der Waals surface area contributed by atoms with E-state index in [4.69, 9.17) is 10.6 Å². The number of benzene rings is 2. The molecule has 2 aromatic rings. The fraction of sp³-hybridized carbons (Fsp3) is 0.235. The maximum absolute atomic E-state index is 13.9. The van der Waals surface area contributed by atoms with Crippen molar-refractivity contribution >= 4 is 34.0 Å². The zero-order valence-electron chi connectivity index (χ0n) is 12.7. The van der Waals surface area contributed by atoms with Gasteiger partial charge >= 0.3 is 6.18 Å². The van der Waals surface area contributed by atoms with Crippen molar-refractivity contribution in [1.82, 2.24) is 0 Å². The van der Waals surface area contributed by atoms with Crippen LogP contribution in [0.5, 0.6) is 0 Å². The van der Waals surface area contributed by atoms with E-state index in [1.165, 1.54) is 12.1 Å². The van der Waals surface area contributed by atoms with Crippen molar-refractivity contribution in [1.29, 1.82) is 0 Å². The number of aryl methyl sites for hydroxylation is 1. The Balaban J connectivity index is 2.05. The minimum absolute atomic E-state index is 0.0575. The minimum atomic E-state index is -4.60. The molecule has 0 bridgehead atoms. The Morgan fingerprint density at radius 2 is 1.96 bits per heavy atom. The average molecular weight is 446 g/mol. The highest BCUT2D eigenvalue weighted by Crippen LogP contribution is 2.49. The van der Waals surface area contributed by atoms with Crippen LogP contribution in [0.15, 0.2) is 47.6 Å². The van der Waals surface area contributed by atoms with E-state index in [-0.39, 0.29) is 17.7 Å². The van der Waals surface area contributed by atoms with Crippen molar-refractivity contribution in [2.75, 3.05) is 5.73 Å². The van der Waals surface area contributed by atoms with Gasteiger partial charge < -0.3 is 10.6 Å². The number of anilines is 1. The van der Waals surface area contributed by atoms with Crippen LogP contribution in [0.3, 0.4) is 0 Å². The number of hydrogen-bond donors (Lipinski definition) is 1. The van der Waals surface area contributed by atoms with Crippen molar-refractivity contribution in [2.45, 2.75) is 25.1 Å². The quantitative estimate of drug-likeness (QED) is 0.534. The lowest BCUT2D eigenvalue weighted by Gasteiger charge is -2.30. The second kappa shape index (κ2) is 5.94. The van der Waals surface area contributed by atoms with Crippen molar-refractivity contribution < 1.29 is 18.0 Å². The molecule has 0 saturated carbocycles. The molecule has 1 atom stereocenters. The summed E-state index contributed by atoms with van der Waals surface area (Å²) in [7, 11) is 0. The number of halogens is 4. The molecule has 1 aliphatic rings. The topological polar surface area (TPSA) is 47.6 Å². The van der Waals surface area contributed by atoms with E-state index in [9.17, 15) is 13.2 Å². The Hall–Kier alpha value is -1.77. The summed E-state index contributed by atoms with van der Waals surface area (Å²) in [5.74, 6) is 0. The molecule has 0 aromatic heterocycles. The molecule has 2 aromatic carbocycles. The molecule has 126 valence electrons. The SMILES string of the molecule is Cc1cc(I)cc(C2(C(F)(F)F)CC(c3cccc(N)c3)=NO2)c1. The van der Waals surface area contributed by atoms with Gasteiger partial charge in [0, 0.05) is 26.8 Å². The maximum Gasteiger partial charge on any atom is 0.435 e. The van der Waals surface area contributed by atoms with Crippen LogP contribution in [0, 0.1) is 10.5 Å². The first-order chi connectivity index (χ1) is 11.2. The van der Waals surface area contributed by atoms with Crippen LogP contribution in [-0.4, -0.2) is 11.9 Å². The Kier molecular flexibility index (Phi) is 4.23. The monoisotopic (exact) mass is 446 g/mol. The fourth-order valence-electron chi connectivity index (χ4n) is 2.75. The third kappa shape index (κ3) is 2.97. The standard InChI is InChI=1S/C17H14F3IN2O/c1-10-5-12(8-13(21)6-10)16(17(18,19)20)9-15(23-24-16)11-3-2-4-14(22)7-11/h2-8H,9,22H2,1H3. The molecule has 0 radical (unpaired) electrons. The van der Waals surface area contributed by atoms with E-state index < -0.39 is 11.8 Å². The second-order valence-electron chi connectivity index (χ2n) is 5.77. The van der Waals surface area contributed by atoms with Crippen LogP contribution >= 0.6 is 22.6 Å². The zero-order chi connectivity index (χ0) is 17.5. The Morgan fingerprint density at radius 1 is 1.21 bits per heavy atom. The molecule has 1 unspecified atom stereocenters. The second-order valence-corrected chi connectivity index (χ2v) is 7.02. The fourth-order valence-corrected chi connectivity index (χ4v) is 3.57. The lowest BCUT2D eigenvalue weighted by Crippen LogP contribution is -2.42. The highest BCUT2D eigenvalue weighted by molar-refractivity contribution is 14.1. The van der Waals surface area contributed by atoms with Crippen molar-refractivity contribution in [3.05, 3.63) is 62.7 Å². The zero-order valence-corrected chi connectivity index (χ0v) is 14.9. The van der Waals surface area contributed by atoms with E-state index in [0.29, 0.717) is 14.8 Å². The highest BCUT2D eigenvalue weighted by Gasteiger charge is 2.62. The Bertz CT molecular complexity index is 799. The molecule has 24 heavy (non-hydrogen) atoms. The van der Waals surface area contributed by atoms with E-state index in [1.807, 2.05) is 28.7 Å². The van der Waals surface area contributed by atoms with Crippen LogP contribution in [0.25, 0.3) is 0 Å². The third-order valence-electron chi connectivity index (χ3n) is 3.91. The first-order valence-electron chi connectivity index (χ1n) is 7.17. The van der Waals surface area contributed by atoms with Crippen LogP contribution in [0.2, 0.25) is 0 Å². The minimum Gasteiger partial charge on any atom is -0.399 e. The Morgan fingerprint density at radius 3 is 2.58 bits per heavy atom. The molecular formula is C17H14F3IN2O. The summed E-state index contributed by atoms with van der Waals surface area (Å²) in [5.41, 5.74) is 5.26. The van der Waals surface area contributed by atoms with Gasteiger partial charge in [0.05, 0.1) is 5.71 Å². The largest absolute Gasteiger partial charge is 0.435 e. The van der Waals surface area contributed by atoms with Crippen molar-refractivity contribution in [3.63, 3.8) is 0 Å². The molecule has 3 nitrogen and oxygen atoms in total. The van der Waals surface area contributed by atoms with Gasteiger partial charge in [-0.1, -0.05) is 23.4 Å². The van der Waals surface area contributed by atoms with Gasteiger partial charge in [0.2, 0.25) is 0 Å². The summed E-state index contributed by atoms with van der Waals surface area (Å²) < 4.78 is 42.4. The van der Waals surface area contributed by atoms with Gasteiger partial charge in [-0.15, -0.1) is 0 Å². The summed E-state index contributed by atoms with van der Waals surface area (Å²) >= 11 is 2.00. The summed E-state index contributed by atoms with van der Waals surface area (Å²) in [6, 6.07) is 11.4. The van der Waals surface area contributed by atoms with Gasteiger partial charge in [-0.25, -0.2) is 0 Å². The third-order valence-corrected chi connectivity index (χ3v) is 4.54. The highest BCUT2D eigenvalue weighted by atomic mass is 127. The number of alkyl halides is 3. The van der Waals surface area contributed by atoms with Gasteiger partial charge in [-0.05, 0) is 59.3 Å². The number of nitrogen functional groups attached to an aromatic ring is 1. The maximum atomic E-state index is 13.9. The van der Waals surface area contributed by atoms with Crippen LogP contribution in [0.1, 0.15) is 23.1 Å². The van der Waals surface area contributed by atoms with Gasteiger partial charge in [-0.2, -0.15) is 13.2 Å². The normalized spacial score (nSPS) is 20.6. The molecule has 7 heteroatoms. The molecule has 1 aliphatic heterocycles. The van der Waals surface area contributed by atoms with Crippen LogP contribution < -0.4 is 5.73 Å². The van der Waals surface area contributed by atoms with E-state index >= 15 is 0 Å². The van der Waals surface area contributed by atoms with Gasteiger partial charge in [0.15, 0.2) is 0 Å². The molecule has 2 N–H and O–H groups in total. The van der Waals surface area contributed by atoms with Crippen molar-refractivity contribution in [2.24, 2.45) is 5.16 Å². The lowest BCUT2D eigenvalue weighted by atomic mass is 9.86. The number of nitrogens with two attached hydrogens (primary N) is 1. The number of oxime groups is 1. The molecular weight excluding hydrogens is 432 g/mol. The first kappa shape index (κ1) is 17.1. The molecule has 0 spiro atoms. The lowest BCUT2D eigenvalue weighted by molar-refractivity contribution is -0.275. The number of rotatable bonds is 2. The molecule has 0 saturated heterocycles. The summed E-state index contributed by atoms with van der Waals surface area (Å²) in [6.45, 7) is 1.75. The molecule has 0 fully saturated rings. The van der Waals surface area contributed by atoms with E-state index in [1.54, 1.807) is 31.2 Å². The summed E-state index contributed by atoms with van der Waals surface area (Å²) in [6.07, 6.45) is -4.99. The van der Waals surface area contributed by atoms with Crippen LogP contribution in [-0.2, 0) is 10.4 Å². The van der Waals surface area contributed by atoms with E-state index in [2.05, 4.69) is 5.16 Å². The van der Waals surface area contributed by atoms with Crippen molar-refractivity contribution in [3.8, 4) is 0 Å². The van der Waals surface area contributed by atoms with Crippen LogP contribution in [0.4, 0.5) is 18.9 Å². The molecule has 0 amide bonds. The predicted octanol–water partition coefficient (Wildman–Crippen LogP) is 4.76. The first-order valence-corrected chi connectivity index (χ1v) is 8.24. The van der Waals surface area contributed by atoms with Gasteiger partial charge in [0.25, 0.3) is 5.60 Å². The number of nitrogens with zero attached hydrogens (tertiary/aromatic N) is 1. The summed E-state index contributed by atoms with van der Waals surface area (Å²) in [4.78, 5) is 5.03. The Labute approximate surface area is 150 Å². The smallest absolute Gasteiger partial charge is 0.399 e. The van der Waals surface area contributed by atoms with Gasteiger partial charge in [-0.3, -0.25) is 0 Å².